The summed E-state index contributed by atoms with van der Waals surface area (Å²) in [6.07, 6.45) is 1.04. The van der Waals surface area contributed by atoms with Crippen LogP contribution in [0.15, 0.2) is 24.4 Å². The molecule has 5 heterocycles. The van der Waals surface area contributed by atoms with Crippen LogP contribution in [0.1, 0.15) is 12.6 Å². The molecule has 158 valence electrons. The van der Waals surface area contributed by atoms with E-state index in [0.717, 1.165) is 24.3 Å². The minimum absolute atomic E-state index is 0.0616. The van der Waals surface area contributed by atoms with Crippen LogP contribution in [-0.2, 0) is 14.3 Å². The lowest BCUT2D eigenvalue weighted by molar-refractivity contribution is -0.141. The van der Waals surface area contributed by atoms with Crippen molar-refractivity contribution in [2.24, 2.45) is 11.8 Å². The number of nitriles is 1. The second kappa shape index (κ2) is 7.87. The van der Waals surface area contributed by atoms with Gasteiger partial charge in [-0.15, -0.1) is 0 Å². The van der Waals surface area contributed by atoms with Crippen molar-refractivity contribution >= 4 is 17.1 Å². The fourth-order valence-electron chi connectivity index (χ4n) is 4.93. The van der Waals surface area contributed by atoms with Gasteiger partial charge in [0, 0.05) is 37.5 Å². The Morgan fingerprint density at radius 1 is 1.27 bits per heavy atom. The highest BCUT2D eigenvalue weighted by molar-refractivity contribution is 5.83. The third-order valence-electron chi connectivity index (χ3n) is 6.34. The van der Waals surface area contributed by atoms with Crippen molar-refractivity contribution in [3.8, 4) is 6.07 Å². The summed E-state index contributed by atoms with van der Waals surface area (Å²) in [7, 11) is 0. The molecule has 2 bridgehead atoms. The Bertz CT molecular complexity index is 963. The van der Waals surface area contributed by atoms with Gasteiger partial charge in [0.15, 0.2) is 6.10 Å². The number of nitrogens with zero attached hydrogens (tertiary/aromatic N) is 4. The van der Waals surface area contributed by atoms with E-state index in [4.69, 9.17) is 9.47 Å². The van der Waals surface area contributed by atoms with Crippen LogP contribution in [0, 0.1) is 23.2 Å². The van der Waals surface area contributed by atoms with Gasteiger partial charge in [-0.25, -0.2) is 4.52 Å². The second-order valence-electron chi connectivity index (χ2n) is 8.43. The summed E-state index contributed by atoms with van der Waals surface area (Å²) < 4.78 is 13.3. The first-order chi connectivity index (χ1) is 14.6. The topological polar surface area (TPSA) is 104 Å². The molecule has 30 heavy (non-hydrogen) atoms. The van der Waals surface area contributed by atoms with Gasteiger partial charge < -0.3 is 25.0 Å². The van der Waals surface area contributed by atoms with Gasteiger partial charge in [0.1, 0.15) is 11.8 Å². The first-order valence-electron chi connectivity index (χ1n) is 10.5. The molecule has 3 fully saturated rings. The van der Waals surface area contributed by atoms with Crippen LogP contribution < -0.4 is 15.5 Å². The SMILES string of the molecule is C[C@@H]1CN(c2ccc(C#N)n3nccc23)C[C@H](C(=O)NC2C3CNCC2COC3)O1. The zero-order chi connectivity index (χ0) is 20.7. The quantitative estimate of drug-likeness (QED) is 0.742. The number of hydrogen-bond acceptors (Lipinski definition) is 7. The minimum Gasteiger partial charge on any atom is -0.381 e. The number of fused-ring (bicyclic) bond motifs is 3. The third-order valence-corrected chi connectivity index (χ3v) is 6.34. The Hall–Kier alpha value is -2.67. The fourth-order valence-corrected chi connectivity index (χ4v) is 4.93. The lowest BCUT2D eigenvalue weighted by atomic mass is 9.83. The van der Waals surface area contributed by atoms with E-state index in [0.29, 0.717) is 43.8 Å². The molecule has 0 spiro atoms. The Kier molecular flexibility index (Phi) is 5.06. The smallest absolute Gasteiger partial charge is 0.251 e. The molecule has 0 aliphatic carbocycles. The van der Waals surface area contributed by atoms with Crippen LogP contribution in [0.2, 0.25) is 0 Å². The van der Waals surface area contributed by atoms with Crippen molar-refractivity contribution in [3.63, 3.8) is 0 Å². The first kappa shape index (κ1) is 19.3. The highest BCUT2D eigenvalue weighted by atomic mass is 16.5. The average molecular weight is 410 g/mol. The lowest BCUT2D eigenvalue weighted by Gasteiger charge is -2.44. The van der Waals surface area contributed by atoms with Gasteiger partial charge in [0.2, 0.25) is 0 Å². The Labute approximate surface area is 174 Å². The summed E-state index contributed by atoms with van der Waals surface area (Å²) in [6, 6.07) is 7.87. The van der Waals surface area contributed by atoms with Crippen molar-refractivity contribution in [2.45, 2.75) is 25.2 Å². The highest BCUT2D eigenvalue weighted by Gasteiger charge is 2.40. The molecule has 3 aliphatic rings. The standard InChI is InChI=1S/C21H26N6O3/c1-13-9-26(17-3-2-16(6-22)27-18(17)4-5-24-27)10-19(30-13)21(28)25-20-14-7-23-8-15(20)12-29-11-14/h2-5,13-15,19-20,23H,7-12H2,1H3,(H,25,28)/t13-,14?,15?,19-,20?/m1/s1. The van der Waals surface area contributed by atoms with Gasteiger partial charge in [-0.1, -0.05) is 0 Å². The van der Waals surface area contributed by atoms with Crippen LogP contribution in [0.25, 0.3) is 5.52 Å². The molecule has 0 radical (unpaired) electrons. The zero-order valence-electron chi connectivity index (χ0n) is 17.0. The predicted octanol–water partition coefficient (Wildman–Crippen LogP) is 0.150. The van der Waals surface area contributed by atoms with E-state index in [9.17, 15) is 10.1 Å². The largest absolute Gasteiger partial charge is 0.381 e. The number of rotatable bonds is 3. The van der Waals surface area contributed by atoms with Crippen LogP contribution in [0.3, 0.4) is 0 Å². The van der Waals surface area contributed by atoms with E-state index in [1.165, 1.54) is 0 Å². The number of morpholine rings is 1. The molecule has 3 aliphatic heterocycles. The van der Waals surface area contributed by atoms with Gasteiger partial charge in [0.05, 0.1) is 43.3 Å². The molecule has 4 atom stereocenters. The fraction of sp³-hybridized carbons (Fsp3) is 0.571. The maximum atomic E-state index is 13.1. The van der Waals surface area contributed by atoms with Gasteiger partial charge in [-0.2, -0.15) is 10.4 Å². The van der Waals surface area contributed by atoms with Crippen LogP contribution in [0.5, 0.6) is 0 Å². The van der Waals surface area contributed by atoms with Crippen molar-refractivity contribution in [1.82, 2.24) is 20.2 Å². The zero-order valence-corrected chi connectivity index (χ0v) is 17.0. The highest BCUT2D eigenvalue weighted by Crippen LogP contribution is 2.27. The van der Waals surface area contributed by atoms with Crippen molar-refractivity contribution in [3.05, 3.63) is 30.1 Å². The normalized spacial score (nSPS) is 31.3. The minimum atomic E-state index is -0.552. The lowest BCUT2D eigenvalue weighted by Crippen LogP contribution is -2.63. The molecule has 0 saturated carbocycles. The summed E-state index contributed by atoms with van der Waals surface area (Å²) in [5, 5.41) is 20.3. The van der Waals surface area contributed by atoms with Crippen LogP contribution in [0.4, 0.5) is 5.69 Å². The van der Waals surface area contributed by atoms with Crippen LogP contribution in [-0.4, -0.2) is 73.2 Å². The van der Waals surface area contributed by atoms with E-state index in [-0.39, 0.29) is 18.1 Å². The summed E-state index contributed by atoms with van der Waals surface area (Å²) in [4.78, 5) is 15.3. The number of amides is 1. The Balaban J connectivity index is 1.35. The third kappa shape index (κ3) is 3.41. The Morgan fingerprint density at radius 2 is 2.07 bits per heavy atom. The number of pyridine rings is 1. The van der Waals surface area contributed by atoms with Gasteiger partial charge in [0.25, 0.3) is 5.91 Å². The second-order valence-corrected chi connectivity index (χ2v) is 8.43. The van der Waals surface area contributed by atoms with E-state index in [1.54, 1.807) is 16.8 Å². The maximum absolute atomic E-state index is 13.1. The van der Waals surface area contributed by atoms with Gasteiger partial charge in [-0.3, -0.25) is 4.79 Å². The molecule has 3 saturated heterocycles. The number of anilines is 1. The van der Waals surface area contributed by atoms with Crippen molar-refractivity contribution in [2.75, 3.05) is 44.3 Å². The molecular weight excluding hydrogens is 384 g/mol. The molecular formula is C21H26N6O3. The first-order valence-corrected chi connectivity index (χ1v) is 10.5. The summed E-state index contributed by atoms with van der Waals surface area (Å²) in [5.41, 5.74) is 2.29. The Morgan fingerprint density at radius 3 is 2.83 bits per heavy atom. The van der Waals surface area contributed by atoms with E-state index < -0.39 is 6.10 Å². The molecule has 5 rings (SSSR count). The number of carbonyl (C=O) groups is 1. The number of nitrogens with one attached hydrogen (secondary N) is 2. The van der Waals surface area contributed by atoms with Gasteiger partial charge >= 0.3 is 0 Å². The van der Waals surface area contributed by atoms with Crippen molar-refractivity contribution in [1.29, 1.82) is 5.26 Å². The molecule has 2 N–H and O–H groups in total. The number of carbonyl (C=O) groups excluding carboxylic acids is 1. The molecule has 2 aromatic heterocycles. The molecule has 0 aromatic carbocycles. The summed E-state index contributed by atoms with van der Waals surface area (Å²) in [5.74, 6) is 0.528. The predicted molar refractivity (Wildman–Crippen MR) is 109 cm³/mol. The number of aromatic nitrogens is 2. The average Bonchev–Trinajstić information content (AvgIpc) is 3.22. The number of ether oxygens (including phenoxy) is 2. The van der Waals surface area contributed by atoms with Gasteiger partial charge in [-0.05, 0) is 25.1 Å². The molecule has 9 nitrogen and oxygen atoms in total. The maximum Gasteiger partial charge on any atom is 0.251 e. The van der Waals surface area contributed by atoms with Crippen LogP contribution >= 0.6 is 0 Å². The summed E-state index contributed by atoms with van der Waals surface area (Å²) >= 11 is 0. The number of piperidine rings is 1. The van der Waals surface area contributed by atoms with Crippen molar-refractivity contribution < 1.29 is 14.3 Å². The molecule has 2 aromatic rings. The van der Waals surface area contributed by atoms with E-state index in [1.807, 2.05) is 19.1 Å². The summed E-state index contributed by atoms with van der Waals surface area (Å²) in [6.45, 7) is 6.18. The van der Waals surface area contributed by atoms with E-state index in [2.05, 4.69) is 26.7 Å². The molecule has 9 heteroatoms. The monoisotopic (exact) mass is 410 g/mol. The molecule has 2 unspecified atom stereocenters. The van der Waals surface area contributed by atoms with E-state index >= 15 is 0 Å². The molecule has 1 amide bonds. The number of hydrogen-bond donors (Lipinski definition) is 2.